The second kappa shape index (κ2) is 6.68. The van der Waals surface area contributed by atoms with E-state index in [4.69, 9.17) is 10.5 Å². The van der Waals surface area contributed by atoms with Crippen molar-refractivity contribution in [3.8, 4) is 0 Å². The van der Waals surface area contributed by atoms with Gasteiger partial charge >= 0.3 is 0 Å². The van der Waals surface area contributed by atoms with Crippen LogP contribution in [0, 0.1) is 0 Å². The molecule has 0 bridgehead atoms. The monoisotopic (exact) mass is 269 g/mol. The normalized spacial score (nSPS) is 29.6. The van der Waals surface area contributed by atoms with Gasteiger partial charge in [0.2, 0.25) is 5.91 Å². The Balaban J connectivity index is 2.01. The van der Waals surface area contributed by atoms with Crippen LogP contribution in [-0.4, -0.2) is 67.7 Å². The number of hydrogen-bond donors (Lipinski definition) is 1. The Bertz CT molecular complexity index is 307. The fourth-order valence-electron chi connectivity index (χ4n) is 3.30. The molecule has 0 radical (unpaired) electrons. The fourth-order valence-corrected chi connectivity index (χ4v) is 3.30. The summed E-state index contributed by atoms with van der Waals surface area (Å²) in [6.45, 7) is 2.22. The third-order valence-corrected chi connectivity index (χ3v) is 4.43. The first-order valence-corrected chi connectivity index (χ1v) is 7.41. The zero-order valence-electron chi connectivity index (χ0n) is 12.2. The molecule has 2 fully saturated rings. The van der Waals surface area contributed by atoms with Crippen LogP contribution in [0.25, 0.3) is 0 Å². The van der Waals surface area contributed by atoms with Crippen molar-refractivity contribution in [2.24, 2.45) is 5.73 Å². The van der Waals surface area contributed by atoms with Crippen LogP contribution in [0.5, 0.6) is 0 Å². The highest BCUT2D eigenvalue weighted by molar-refractivity contribution is 5.76. The number of rotatable bonds is 4. The SMILES string of the molecule is CN(C)C(=O)CC(CN)N1CCOC2CCCCC21. The van der Waals surface area contributed by atoms with Crippen LogP contribution in [0.2, 0.25) is 0 Å². The molecule has 5 heteroatoms. The summed E-state index contributed by atoms with van der Waals surface area (Å²) in [5.74, 6) is 0.161. The van der Waals surface area contributed by atoms with E-state index in [1.54, 1.807) is 19.0 Å². The van der Waals surface area contributed by atoms with E-state index >= 15 is 0 Å². The summed E-state index contributed by atoms with van der Waals surface area (Å²) < 4.78 is 5.88. The Labute approximate surface area is 116 Å². The summed E-state index contributed by atoms with van der Waals surface area (Å²) in [7, 11) is 3.61. The molecule has 1 heterocycles. The lowest BCUT2D eigenvalue weighted by molar-refractivity contribution is -0.134. The van der Waals surface area contributed by atoms with Gasteiger partial charge in [0.25, 0.3) is 0 Å². The van der Waals surface area contributed by atoms with Gasteiger partial charge in [0.15, 0.2) is 0 Å². The van der Waals surface area contributed by atoms with Gasteiger partial charge in [-0.1, -0.05) is 12.8 Å². The minimum absolute atomic E-state index is 0.157. The maximum Gasteiger partial charge on any atom is 0.223 e. The Kier molecular flexibility index (Phi) is 5.19. The molecular formula is C14H27N3O2. The van der Waals surface area contributed by atoms with E-state index in [1.165, 1.54) is 19.3 Å². The first-order valence-electron chi connectivity index (χ1n) is 7.41. The average molecular weight is 269 g/mol. The van der Waals surface area contributed by atoms with E-state index in [2.05, 4.69) is 4.90 Å². The van der Waals surface area contributed by atoms with Crippen molar-refractivity contribution in [2.45, 2.75) is 50.3 Å². The van der Waals surface area contributed by atoms with Crippen molar-refractivity contribution < 1.29 is 9.53 Å². The Morgan fingerprint density at radius 3 is 2.84 bits per heavy atom. The van der Waals surface area contributed by atoms with Crippen LogP contribution >= 0.6 is 0 Å². The number of nitrogens with zero attached hydrogens (tertiary/aromatic N) is 2. The first kappa shape index (κ1) is 14.8. The van der Waals surface area contributed by atoms with Crippen LogP contribution in [0.4, 0.5) is 0 Å². The summed E-state index contributed by atoms with van der Waals surface area (Å²) >= 11 is 0. The van der Waals surface area contributed by atoms with Crippen LogP contribution in [-0.2, 0) is 9.53 Å². The molecule has 1 amide bonds. The van der Waals surface area contributed by atoms with Crippen molar-refractivity contribution in [2.75, 3.05) is 33.8 Å². The van der Waals surface area contributed by atoms with Gasteiger partial charge in [0.1, 0.15) is 0 Å². The Morgan fingerprint density at radius 2 is 2.16 bits per heavy atom. The molecule has 1 aliphatic carbocycles. The van der Waals surface area contributed by atoms with Crippen LogP contribution in [0.1, 0.15) is 32.1 Å². The zero-order chi connectivity index (χ0) is 13.8. The molecule has 0 aromatic carbocycles. The smallest absolute Gasteiger partial charge is 0.223 e. The van der Waals surface area contributed by atoms with Crippen molar-refractivity contribution in [1.82, 2.24) is 9.80 Å². The average Bonchev–Trinajstić information content (AvgIpc) is 2.44. The van der Waals surface area contributed by atoms with Gasteiger partial charge < -0.3 is 15.4 Å². The molecule has 110 valence electrons. The first-order chi connectivity index (χ1) is 9.13. The Hall–Kier alpha value is -0.650. The highest BCUT2D eigenvalue weighted by Crippen LogP contribution is 2.30. The largest absolute Gasteiger partial charge is 0.375 e. The third kappa shape index (κ3) is 3.46. The van der Waals surface area contributed by atoms with Crippen LogP contribution in [0.3, 0.4) is 0 Å². The summed E-state index contributed by atoms with van der Waals surface area (Å²) in [6, 6.07) is 0.621. The van der Waals surface area contributed by atoms with Crippen molar-refractivity contribution in [3.63, 3.8) is 0 Å². The lowest BCUT2D eigenvalue weighted by Crippen LogP contribution is -2.58. The number of hydrogen-bond acceptors (Lipinski definition) is 4. The molecule has 1 aliphatic heterocycles. The quantitative estimate of drug-likeness (QED) is 0.804. The van der Waals surface area contributed by atoms with Gasteiger partial charge in [-0.05, 0) is 12.8 Å². The molecular weight excluding hydrogens is 242 g/mol. The maximum absolute atomic E-state index is 11.9. The van der Waals surface area contributed by atoms with Gasteiger partial charge in [-0.3, -0.25) is 9.69 Å². The molecule has 5 nitrogen and oxygen atoms in total. The second-order valence-corrected chi connectivity index (χ2v) is 5.88. The van der Waals surface area contributed by atoms with E-state index in [0.717, 1.165) is 19.6 Å². The van der Waals surface area contributed by atoms with E-state index in [0.29, 0.717) is 25.1 Å². The predicted molar refractivity (Wildman–Crippen MR) is 74.9 cm³/mol. The maximum atomic E-state index is 11.9. The fraction of sp³-hybridized carbons (Fsp3) is 0.929. The molecule has 0 spiro atoms. The number of carbonyl (C=O) groups excluding carboxylic acids is 1. The molecule has 3 unspecified atom stereocenters. The molecule has 0 aromatic heterocycles. The van der Waals surface area contributed by atoms with Crippen molar-refractivity contribution >= 4 is 5.91 Å². The number of carbonyl (C=O) groups is 1. The van der Waals surface area contributed by atoms with E-state index in [-0.39, 0.29) is 11.9 Å². The molecule has 1 saturated carbocycles. The van der Waals surface area contributed by atoms with E-state index in [1.807, 2.05) is 0 Å². The number of nitrogens with two attached hydrogens (primary N) is 1. The number of ether oxygens (including phenoxy) is 1. The molecule has 0 aromatic rings. The van der Waals surface area contributed by atoms with Crippen molar-refractivity contribution in [3.05, 3.63) is 0 Å². The lowest BCUT2D eigenvalue weighted by Gasteiger charge is -2.47. The van der Waals surface area contributed by atoms with Crippen LogP contribution < -0.4 is 5.73 Å². The molecule has 3 atom stereocenters. The van der Waals surface area contributed by atoms with Gasteiger partial charge in [0.05, 0.1) is 12.7 Å². The summed E-state index contributed by atoms with van der Waals surface area (Å²) in [5, 5.41) is 0. The van der Waals surface area contributed by atoms with Gasteiger partial charge in [-0.25, -0.2) is 0 Å². The third-order valence-electron chi connectivity index (χ3n) is 4.43. The Morgan fingerprint density at radius 1 is 1.42 bits per heavy atom. The van der Waals surface area contributed by atoms with Gasteiger partial charge in [0, 0.05) is 45.7 Å². The molecule has 2 aliphatic rings. The summed E-state index contributed by atoms with van der Waals surface area (Å²) in [6.07, 6.45) is 5.73. The predicted octanol–water partition coefficient (Wildman–Crippen LogP) is 0.435. The highest BCUT2D eigenvalue weighted by Gasteiger charge is 2.37. The second-order valence-electron chi connectivity index (χ2n) is 5.88. The van der Waals surface area contributed by atoms with Gasteiger partial charge in [-0.15, -0.1) is 0 Å². The minimum atomic E-state index is 0.157. The summed E-state index contributed by atoms with van der Waals surface area (Å²) in [5.41, 5.74) is 5.92. The lowest BCUT2D eigenvalue weighted by atomic mass is 9.88. The standard InChI is InChI=1S/C14H27N3O2/c1-16(2)14(18)9-11(10-15)17-7-8-19-13-6-4-3-5-12(13)17/h11-13H,3-10,15H2,1-2H3. The molecule has 2 rings (SSSR count). The molecule has 1 saturated heterocycles. The van der Waals surface area contributed by atoms with Crippen LogP contribution in [0.15, 0.2) is 0 Å². The van der Waals surface area contributed by atoms with Gasteiger partial charge in [-0.2, -0.15) is 0 Å². The topological polar surface area (TPSA) is 58.8 Å². The van der Waals surface area contributed by atoms with E-state index < -0.39 is 0 Å². The van der Waals surface area contributed by atoms with E-state index in [9.17, 15) is 4.79 Å². The minimum Gasteiger partial charge on any atom is -0.375 e. The molecule has 2 N–H and O–H groups in total. The number of amides is 1. The zero-order valence-corrected chi connectivity index (χ0v) is 12.2. The summed E-state index contributed by atoms with van der Waals surface area (Å²) in [4.78, 5) is 16.0. The van der Waals surface area contributed by atoms with Crippen molar-refractivity contribution in [1.29, 1.82) is 0 Å². The number of fused-ring (bicyclic) bond motifs is 1. The highest BCUT2D eigenvalue weighted by atomic mass is 16.5. The molecule has 19 heavy (non-hydrogen) atoms. The number of morpholine rings is 1.